The average Bonchev–Trinajstić information content (AvgIpc) is 3.23. The first-order valence-electron chi connectivity index (χ1n) is 9.46. The first-order valence-corrected chi connectivity index (χ1v) is 9.46. The normalized spacial score (nSPS) is 16.7. The van der Waals surface area contributed by atoms with E-state index >= 15 is 0 Å². The van der Waals surface area contributed by atoms with Crippen LogP contribution in [-0.2, 0) is 16.0 Å². The molecule has 0 unspecified atom stereocenters. The number of H-pyrrole nitrogens is 1. The summed E-state index contributed by atoms with van der Waals surface area (Å²) < 4.78 is 0. The van der Waals surface area contributed by atoms with Crippen molar-refractivity contribution in [3.05, 3.63) is 69.9 Å². The number of aromatic amines is 1. The Morgan fingerprint density at radius 3 is 2.83 bits per heavy atom. The molecule has 8 nitrogen and oxygen atoms in total. The molecule has 1 aliphatic heterocycles. The van der Waals surface area contributed by atoms with Crippen LogP contribution in [0.5, 0.6) is 0 Å². The average molecular weight is 393 g/mol. The topological polar surface area (TPSA) is 113 Å². The van der Waals surface area contributed by atoms with Crippen LogP contribution < -0.4 is 10.2 Å². The van der Waals surface area contributed by atoms with E-state index in [0.717, 1.165) is 22.2 Å². The van der Waals surface area contributed by atoms with Crippen LogP contribution in [0.1, 0.15) is 17.5 Å². The summed E-state index contributed by atoms with van der Waals surface area (Å²) in [5, 5.41) is 14.2. The fourth-order valence-corrected chi connectivity index (χ4v) is 3.82. The van der Waals surface area contributed by atoms with Gasteiger partial charge in [-0.3, -0.25) is 19.7 Å². The molecule has 148 valence electrons. The van der Waals surface area contributed by atoms with Crippen molar-refractivity contribution in [1.29, 1.82) is 0 Å². The maximum absolute atomic E-state index is 12.8. The van der Waals surface area contributed by atoms with Gasteiger partial charge in [0.25, 0.3) is 11.6 Å². The molecular formula is C21H21N4O4+. The Morgan fingerprint density at radius 1 is 1.24 bits per heavy atom. The first-order chi connectivity index (χ1) is 14.0. The molecule has 0 bridgehead atoms. The number of rotatable bonds is 6. The number of nitro benzene ring substituents is 1. The Kier molecular flexibility index (Phi) is 4.85. The smallest absolute Gasteiger partial charge is 0.292 e. The van der Waals surface area contributed by atoms with Crippen molar-refractivity contribution in [3.63, 3.8) is 0 Å². The van der Waals surface area contributed by atoms with Crippen molar-refractivity contribution < 1.29 is 19.8 Å². The lowest BCUT2D eigenvalue weighted by molar-refractivity contribution is -0.674. The highest BCUT2D eigenvalue weighted by molar-refractivity contribution is 6.21. The van der Waals surface area contributed by atoms with E-state index in [1.807, 2.05) is 29.7 Å². The molecule has 1 aromatic heterocycles. The number of amides is 2. The molecular weight excluding hydrogens is 372 g/mol. The number of carbonyl (C=O) groups excluding carboxylic acids is 2. The number of nitrogens with two attached hydrogens (primary N) is 1. The van der Waals surface area contributed by atoms with Gasteiger partial charge >= 0.3 is 0 Å². The molecule has 2 heterocycles. The highest BCUT2D eigenvalue weighted by atomic mass is 16.6. The fourth-order valence-electron chi connectivity index (χ4n) is 3.82. The summed E-state index contributed by atoms with van der Waals surface area (Å²) in [4.78, 5) is 40.2. The van der Waals surface area contributed by atoms with Crippen molar-refractivity contribution in [2.75, 3.05) is 11.4 Å². The number of aromatic nitrogens is 1. The quantitative estimate of drug-likeness (QED) is 0.378. The minimum atomic E-state index is -0.506. The van der Waals surface area contributed by atoms with Crippen LogP contribution in [0, 0.1) is 17.0 Å². The van der Waals surface area contributed by atoms with E-state index in [4.69, 9.17) is 0 Å². The second-order valence-electron chi connectivity index (χ2n) is 7.24. The zero-order valence-electron chi connectivity index (χ0n) is 15.9. The standard InChI is InChI=1S/C21H20N4O4/c1-13-6-7-15(10-19(13)25(28)29)24-20(26)11-18(21(24)27)22-9-8-14-12-23-17-5-3-2-4-16(14)17/h2-7,10,12,18,22-23H,8-9,11H2,1H3/p+1/t18-/m1/s1. The summed E-state index contributed by atoms with van der Waals surface area (Å²) in [5.74, 6) is -0.659. The summed E-state index contributed by atoms with van der Waals surface area (Å²) >= 11 is 0. The minimum absolute atomic E-state index is 0.0917. The van der Waals surface area contributed by atoms with Gasteiger partial charge in [-0.2, -0.15) is 0 Å². The molecule has 29 heavy (non-hydrogen) atoms. The van der Waals surface area contributed by atoms with Crippen molar-refractivity contribution in [3.8, 4) is 0 Å². The van der Waals surface area contributed by atoms with Gasteiger partial charge in [-0.1, -0.05) is 24.3 Å². The number of nitrogens with one attached hydrogen (secondary N) is 1. The lowest BCUT2D eigenvalue weighted by Crippen LogP contribution is -2.92. The maximum atomic E-state index is 12.8. The Morgan fingerprint density at radius 2 is 2.03 bits per heavy atom. The monoisotopic (exact) mass is 393 g/mol. The molecule has 3 N–H and O–H groups in total. The van der Waals surface area contributed by atoms with Crippen molar-refractivity contribution in [2.24, 2.45) is 0 Å². The van der Waals surface area contributed by atoms with E-state index in [1.165, 1.54) is 11.6 Å². The fraction of sp³-hybridized carbons (Fsp3) is 0.238. The number of anilines is 1. The first kappa shape index (κ1) is 18.8. The third-order valence-electron chi connectivity index (χ3n) is 5.37. The van der Waals surface area contributed by atoms with Crippen molar-refractivity contribution in [1.82, 2.24) is 4.98 Å². The van der Waals surface area contributed by atoms with Crippen molar-refractivity contribution in [2.45, 2.75) is 25.8 Å². The molecule has 0 radical (unpaired) electrons. The molecule has 1 aliphatic rings. The molecule has 0 spiro atoms. The predicted molar refractivity (Wildman–Crippen MR) is 108 cm³/mol. The number of benzene rings is 2. The predicted octanol–water partition coefficient (Wildman–Crippen LogP) is 1.82. The lowest BCUT2D eigenvalue weighted by atomic mass is 10.1. The van der Waals surface area contributed by atoms with Gasteiger partial charge in [0.15, 0.2) is 6.04 Å². The summed E-state index contributed by atoms with van der Waals surface area (Å²) in [7, 11) is 0. The number of aryl methyl sites for hydroxylation is 1. The number of carbonyl (C=O) groups is 2. The number of quaternary nitrogens is 1. The number of fused-ring (bicyclic) bond motifs is 1. The molecule has 2 amide bonds. The Hall–Kier alpha value is -3.52. The Labute approximate surface area is 166 Å². The molecule has 1 atom stereocenters. The minimum Gasteiger partial charge on any atom is -0.361 e. The number of hydrogen-bond donors (Lipinski definition) is 2. The van der Waals surface area contributed by atoms with Crippen molar-refractivity contribution >= 4 is 34.1 Å². The molecule has 8 heteroatoms. The zero-order chi connectivity index (χ0) is 20.5. The van der Waals surface area contributed by atoms with Gasteiger partial charge in [0.1, 0.15) is 0 Å². The van der Waals surface area contributed by atoms with E-state index in [1.54, 1.807) is 19.1 Å². The summed E-state index contributed by atoms with van der Waals surface area (Å²) in [6.45, 7) is 2.28. The summed E-state index contributed by atoms with van der Waals surface area (Å²) in [6.07, 6.45) is 2.82. The SMILES string of the molecule is Cc1ccc(N2C(=O)C[C@@H]([NH2+]CCc3c[nH]c4ccccc34)C2=O)cc1[N+](=O)[O-]. The van der Waals surface area contributed by atoms with Gasteiger partial charge in [-0.05, 0) is 24.6 Å². The number of imide groups is 1. The molecule has 1 saturated heterocycles. The summed E-state index contributed by atoms with van der Waals surface area (Å²) in [5.41, 5.74) is 2.88. The van der Waals surface area contributed by atoms with Gasteiger partial charge in [-0.25, -0.2) is 4.90 Å². The third-order valence-corrected chi connectivity index (χ3v) is 5.37. The van der Waals surface area contributed by atoms with Gasteiger partial charge in [0, 0.05) is 35.2 Å². The highest BCUT2D eigenvalue weighted by Gasteiger charge is 2.42. The van der Waals surface area contributed by atoms with Crippen LogP contribution in [0.25, 0.3) is 10.9 Å². The Balaban J connectivity index is 1.44. The number of nitrogens with zero attached hydrogens (tertiary/aromatic N) is 2. The van der Waals surface area contributed by atoms with E-state index in [2.05, 4.69) is 11.1 Å². The van der Waals surface area contributed by atoms with E-state index < -0.39 is 11.0 Å². The van der Waals surface area contributed by atoms with Gasteiger partial charge in [0.2, 0.25) is 5.91 Å². The van der Waals surface area contributed by atoms with Crippen LogP contribution in [0.15, 0.2) is 48.7 Å². The number of hydrogen-bond acceptors (Lipinski definition) is 4. The molecule has 0 aliphatic carbocycles. The van der Waals surface area contributed by atoms with Gasteiger partial charge < -0.3 is 10.3 Å². The van der Waals surface area contributed by atoms with Crippen LogP contribution in [-0.4, -0.2) is 34.3 Å². The van der Waals surface area contributed by atoms with Crippen LogP contribution in [0.2, 0.25) is 0 Å². The van der Waals surface area contributed by atoms with E-state index in [9.17, 15) is 19.7 Å². The zero-order valence-corrected chi connectivity index (χ0v) is 15.9. The number of para-hydroxylation sites is 1. The highest BCUT2D eigenvalue weighted by Crippen LogP contribution is 2.28. The largest absolute Gasteiger partial charge is 0.361 e. The second kappa shape index (κ2) is 7.48. The molecule has 3 aromatic rings. The lowest BCUT2D eigenvalue weighted by Gasteiger charge is -2.14. The molecule has 0 saturated carbocycles. The van der Waals surface area contributed by atoms with Crippen LogP contribution in [0.4, 0.5) is 11.4 Å². The van der Waals surface area contributed by atoms with E-state index in [0.29, 0.717) is 12.1 Å². The van der Waals surface area contributed by atoms with E-state index in [-0.39, 0.29) is 29.6 Å². The van der Waals surface area contributed by atoms with Gasteiger partial charge in [-0.15, -0.1) is 0 Å². The molecule has 2 aromatic carbocycles. The van der Waals surface area contributed by atoms with Gasteiger partial charge in [0.05, 0.1) is 23.6 Å². The molecule has 4 rings (SSSR count). The third kappa shape index (κ3) is 3.50. The molecule has 1 fully saturated rings. The maximum Gasteiger partial charge on any atom is 0.292 e. The second-order valence-corrected chi connectivity index (χ2v) is 7.24. The van der Waals surface area contributed by atoms with Crippen LogP contribution >= 0.6 is 0 Å². The van der Waals surface area contributed by atoms with Crippen LogP contribution in [0.3, 0.4) is 0 Å². The Bertz CT molecular complexity index is 1120. The summed E-state index contributed by atoms with van der Waals surface area (Å²) in [6, 6.07) is 11.9. The number of nitro groups is 1.